The lowest BCUT2D eigenvalue weighted by atomic mass is 9.82. The van der Waals surface area contributed by atoms with Gasteiger partial charge in [-0.3, -0.25) is 4.79 Å². The van der Waals surface area contributed by atoms with Crippen LogP contribution < -0.4 is 5.32 Å². The van der Waals surface area contributed by atoms with Gasteiger partial charge in [-0.15, -0.1) is 0 Å². The molecule has 1 heterocycles. The number of hydrogen-bond donors (Lipinski definition) is 1. The molecule has 0 radical (unpaired) electrons. The van der Waals surface area contributed by atoms with Crippen molar-refractivity contribution in [3.63, 3.8) is 0 Å². The van der Waals surface area contributed by atoms with Crippen LogP contribution in [-0.4, -0.2) is 5.91 Å². The van der Waals surface area contributed by atoms with Gasteiger partial charge in [-0.25, -0.2) is 0 Å². The van der Waals surface area contributed by atoms with Crippen molar-refractivity contribution in [2.45, 2.75) is 25.2 Å². The van der Waals surface area contributed by atoms with Crippen molar-refractivity contribution in [2.24, 2.45) is 0 Å². The van der Waals surface area contributed by atoms with Crippen LogP contribution in [0.15, 0.2) is 41.1 Å². The van der Waals surface area contributed by atoms with E-state index in [4.69, 9.17) is 0 Å². The van der Waals surface area contributed by atoms with E-state index in [1.165, 1.54) is 11.1 Å². The zero-order chi connectivity index (χ0) is 12.4. The van der Waals surface area contributed by atoms with E-state index in [-0.39, 0.29) is 11.8 Å². The number of thiophene rings is 1. The molecule has 1 N–H and O–H groups in total. The number of benzene rings is 1. The van der Waals surface area contributed by atoms with Crippen molar-refractivity contribution in [2.75, 3.05) is 5.32 Å². The van der Waals surface area contributed by atoms with Crippen molar-refractivity contribution in [1.29, 1.82) is 0 Å². The monoisotopic (exact) mass is 257 g/mol. The summed E-state index contributed by atoms with van der Waals surface area (Å²) < 4.78 is 0. The summed E-state index contributed by atoms with van der Waals surface area (Å²) in [6.07, 6.45) is 3.14. The molecule has 1 unspecified atom stereocenters. The van der Waals surface area contributed by atoms with Gasteiger partial charge in [-0.2, -0.15) is 11.3 Å². The fraction of sp³-hybridized carbons (Fsp3) is 0.267. The number of fused-ring (bicyclic) bond motifs is 1. The molecule has 1 atom stereocenters. The quantitative estimate of drug-likeness (QED) is 0.871. The number of carbonyl (C=O) groups excluding carboxylic acids is 1. The summed E-state index contributed by atoms with van der Waals surface area (Å²) in [7, 11) is 0. The van der Waals surface area contributed by atoms with Crippen LogP contribution >= 0.6 is 11.3 Å². The lowest BCUT2D eigenvalue weighted by Crippen LogP contribution is -2.24. The Hall–Kier alpha value is -1.61. The SMILES string of the molecule is O=C(Nc1ccsc1)C1CCCc2ccccc21. The van der Waals surface area contributed by atoms with Crippen molar-refractivity contribution in [1.82, 2.24) is 0 Å². The van der Waals surface area contributed by atoms with Crippen molar-refractivity contribution in [3.05, 3.63) is 52.2 Å². The van der Waals surface area contributed by atoms with E-state index in [1.807, 2.05) is 22.9 Å². The molecule has 0 saturated heterocycles. The number of nitrogens with one attached hydrogen (secondary N) is 1. The topological polar surface area (TPSA) is 29.1 Å². The van der Waals surface area contributed by atoms with Gasteiger partial charge in [0, 0.05) is 5.38 Å². The van der Waals surface area contributed by atoms with E-state index in [9.17, 15) is 4.79 Å². The molecular formula is C15H15NOS. The first-order valence-electron chi connectivity index (χ1n) is 6.25. The minimum Gasteiger partial charge on any atom is -0.325 e. The Morgan fingerprint density at radius 2 is 2.17 bits per heavy atom. The Labute approximate surface area is 111 Å². The van der Waals surface area contributed by atoms with E-state index in [0.717, 1.165) is 24.9 Å². The summed E-state index contributed by atoms with van der Waals surface area (Å²) in [4.78, 5) is 12.3. The summed E-state index contributed by atoms with van der Waals surface area (Å²) in [6.45, 7) is 0. The molecule has 3 rings (SSSR count). The maximum Gasteiger partial charge on any atom is 0.231 e. The van der Waals surface area contributed by atoms with E-state index in [2.05, 4.69) is 23.5 Å². The molecule has 0 fully saturated rings. The second-order valence-electron chi connectivity index (χ2n) is 4.64. The number of amides is 1. The fourth-order valence-corrected chi connectivity index (χ4v) is 3.18. The molecule has 1 aliphatic rings. The Morgan fingerprint density at radius 1 is 1.28 bits per heavy atom. The van der Waals surface area contributed by atoms with Gasteiger partial charge in [0.25, 0.3) is 0 Å². The third-order valence-corrected chi connectivity index (χ3v) is 4.16. The predicted octanol–water partition coefficient (Wildman–Crippen LogP) is 3.81. The number of rotatable bonds is 2. The molecule has 0 spiro atoms. The average Bonchev–Trinajstić information content (AvgIpc) is 2.91. The van der Waals surface area contributed by atoms with Gasteiger partial charge in [-0.1, -0.05) is 24.3 Å². The summed E-state index contributed by atoms with van der Waals surface area (Å²) in [5.41, 5.74) is 3.44. The molecule has 92 valence electrons. The Bertz CT molecular complexity index is 547. The first kappa shape index (κ1) is 11.5. The fourth-order valence-electron chi connectivity index (χ4n) is 2.59. The summed E-state index contributed by atoms with van der Waals surface area (Å²) in [6, 6.07) is 10.2. The Kier molecular flexibility index (Phi) is 3.15. The molecule has 18 heavy (non-hydrogen) atoms. The van der Waals surface area contributed by atoms with Gasteiger partial charge in [-0.05, 0) is 41.8 Å². The van der Waals surface area contributed by atoms with Crippen LogP contribution in [0.5, 0.6) is 0 Å². The average molecular weight is 257 g/mol. The highest BCUT2D eigenvalue weighted by Gasteiger charge is 2.26. The van der Waals surface area contributed by atoms with Crippen LogP contribution in [0.3, 0.4) is 0 Å². The second kappa shape index (κ2) is 4.94. The number of carbonyl (C=O) groups is 1. The van der Waals surface area contributed by atoms with Gasteiger partial charge in [0.05, 0.1) is 11.6 Å². The van der Waals surface area contributed by atoms with Gasteiger partial charge in [0.1, 0.15) is 0 Å². The van der Waals surface area contributed by atoms with Crippen LogP contribution in [-0.2, 0) is 11.2 Å². The lowest BCUT2D eigenvalue weighted by Gasteiger charge is -2.24. The van der Waals surface area contributed by atoms with Crippen LogP contribution in [0.4, 0.5) is 5.69 Å². The maximum absolute atomic E-state index is 12.3. The molecule has 0 aliphatic heterocycles. The summed E-state index contributed by atoms with van der Waals surface area (Å²) >= 11 is 1.60. The molecule has 1 aromatic carbocycles. The van der Waals surface area contributed by atoms with Crippen LogP contribution in [0.25, 0.3) is 0 Å². The van der Waals surface area contributed by atoms with Crippen molar-refractivity contribution < 1.29 is 4.79 Å². The van der Waals surface area contributed by atoms with Crippen molar-refractivity contribution >= 4 is 22.9 Å². The van der Waals surface area contributed by atoms with Crippen LogP contribution in [0, 0.1) is 0 Å². The summed E-state index contributed by atoms with van der Waals surface area (Å²) in [5.74, 6) is 0.135. The number of anilines is 1. The largest absolute Gasteiger partial charge is 0.325 e. The summed E-state index contributed by atoms with van der Waals surface area (Å²) in [5, 5.41) is 6.95. The van der Waals surface area contributed by atoms with Crippen LogP contribution in [0.2, 0.25) is 0 Å². The molecular weight excluding hydrogens is 242 g/mol. The third kappa shape index (κ3) is 2.18. The highest BCUT2D eigenvalue weighted by atomic mass is 32.1. The van der Waals surface area contributed by atoms with E-state index in [1.54, 1.807) is 11.3 Å². The van der Waals surface area contributed by atoms with E-state index in [0.29, 0.717) is 0 Å². The van der Waals surface area contributed by atoms with Gasteiger partial charge < -0.3 is 5.32 Å². The van der Waals surface area contributed by atoms with Gasteiger partial charge >= 0.3 is 0 Å². The van der Waals surface area contributed by atoms with Crippen LogP contribution in [0.1, 0.15) is 29.9 Å². The molecule has 0 saturated carbocycles. The smallest absolute Gasteiger partial charge is 0.231 e. The highest BCUT2D eigenvalue weighted by molar-refractivity contribution is 7.08. The van der Waals surface area contributed by atoms with E-state index >= 15 is 0 Å². The molecule has 1 aliphatic carbocycles. The molecule has 1 aromatic heterocycles. The first-order valence-corrected chi connectivity index (χ1v) is 7.20. The predicted molar refractivity (Wildman–Crippen MR) is 75.1 cm³/mol. The maximum atomic E-state index is 12.3. The standard InChI is InChI=1S/C15H15NOS/c17-15(16-12-8-9-18-10-12)14-7-3-5-11-4-1-2-6-13(11)14/h1-2,4,6,8-10,14H,3,5,7H2,(H,16,17). The first-order chi connectivity index (χ1) is 8.84. The van der Waals surface area contributed by atoms with Gasteiger partial charge in [0.15, 0.2) is 0 Å². The molecule has 1 amide bonds. The molecule has 2 nitrogen and oxygen atoms in total. The van der Waals surface area contributed by atoms with E-state index < -0.39 is 0 Å². The zero-order valence-electron chi connectivity index (χ0n) is 10.1. The second-order valence-corrected chi connectivity index (χ2v) is 5.42. The normalized spacial score (nSPS) is 18.1. The number of aryl methyl sites for hydroxylation is 1. The van der Waals surface area contributed by atoms with Gasteiger partial charge in [0.2, 0.25) is 5.91 Å². The molecule has 2 aromatic rings. The Balaban J connectivity index is 1.83. The minimum absolute atomic E-state index is 0.00912. The lowest BCUT2D eigenvalue weighted by molar-refractivity contribution is -0.117. The minimum atomic E-state index is 0.00912. The number of hydrogen-bond acceptors (Lipinski definition) is 2. The third-order valence-electron chi connectivity index (χ3n) is 3.47. The van der Waals surface area contributed by atoms with Crippen molar-refractivity contribution in [3.8, 4) is 0 Å². The molecule has 0 bridgehead atoms. The highest BCUT2D eigenvalue weighted by Crippen LogP contribution is 2.32. The Morgan fingerprint density at radius 3 is 3.00 bits per heavy atom. The molecule has 3 heteroatoms. The zero-order valence-corrected chi connectivity index (χ0v) is 10.9.